The van der Waals surface area contributed by atoms with Crippen molar-refractivity contribution in [1.82, 2.24) is 0 Å². The third-order valence-corrected chi connectivity index (χ3v) is 3.69. The lowest BCUT2D eigenvalue weighted by Gasteiger charge is -2.18. The number of ether oxygens (including phenoxy) is 1. The molecule has 1 N–H and O–H groups in total. The zero-order valence-corrected chi connectivity index (χ0v) is 13.9. The maximum atomic E-state index is 12.4. The van der Waals surface area contributed by atoms with Crippen LogP contribution in [0.4, 0.5) is 5.69 Å². The van der Waals surface area contributed by atoms with Crippen LogP contribution in [0.2, 0.25) is 0 Å². The average Bonchev–Trinajstić information content (AvgIpc) is 2.45. The quantitative estimate of drug-likeness (QED) is 0.912. The molecule has 1 atom stereocenters. The molecule has 0 saturated carbocycles. The minimum atomic E-state index is -0.554. The highest BCUT2D eigenvalue weighted by molar-refractivity contribution is 5.95. The third kappa shape index (κ3) is 3.67. The van der Waals surface area contributed by atoms with E-state index in [1.165, 1.54) is 5.56 Å². The Morgan fingerprint density at radius 2 is 1.59 bits per heavy atom. The Bertz CT molecular complexity index is 669. The van der Waals surface area contributed by atoms with Crippen LogP contribution in [0, 0.1) is 27.7 Å². The monoisotopic (exact) mass is 297 g/mol. The maximum absolute atomic E-state index is 12.4. The molecule has 2 aromatic carbocycles. The maximum Gasteiger partial charge on any atom is 0.265 e. The van der Waals surface area contributed by atoms with Crippen molar-refractivity contribution in [2.75, 3.05) is 5.32 Å². The topological polar surface area (TPSA) is 38.3 Å². The highest BCUT2D eigenvalue weighted by Crippen LogP contribution is 2.23. The Kier molecular flexibility index (Phi) is 4.86. The summed E-state index contributed by atoms with van der Waals surface area (Å²) in [4.78, 5) is 12.4. The predicted molar refractivity (Wildman–Crippen MR) is 90.6 cm³/mol. The Hall–Kier alpha value is -2.29. The Labute approximate surface area is 132 Å². The van der Waals surface area contributed by atoms with Gasteiger partial charge in [0, 0.05) is 5.69 Å². The van der Waals surface area contributed by atoms with Gasteiger partial charge in [0.15, 0.2) is 6.10 Å². The van der Waals surface area contributed by atoms with Crippen LogP contribution in [0.25, 0.3) is 0 Å². The lowest BCUT2D eigenvalue weighted by Crippen LogP contribution is -2.30. The fraction of sp³-hybridized carbons (Fsp3) is 0.316. The zero-order chi connectivity index (χ0) is 16.3. The minimum absolute atomic E-state index is 0.140. The first kappa shape index (κ1) is 16.1. The van der Waals surface area contributed by atoms with Crippen LogP contribution >= 0.6 is 0 Å². The fourth-order valence-corrected chi connectivity index (χ4v) is 2.53. The molecule has 0 saturated heterocycles. The first-order chi connectivity index (χ1) is 10.4. The van der Waals surface area contributed by atoms with Gasteiger partial charge in [0.1, 0.15) is 5.75 Å². The summed E-state index contributed by atoms with van der Waals surface area (Å²) in [6, 6.07) is 11.8. The van der Waals surface area contributed by atoms with Crippen LogP contribution in [-0.4, -0.2) is 12.0 Å². The minimum Gasteiger partial charge on any atom is -0.481 e. The summed E-state index contributed by atoms with van der Waals surface area (Å²) in [5.41, 5.74) is 5.21. The number of hydrogen-bond acceptors (Lipinski definition) is 2. The zero-order valence-electron chi connectivity index (χ0n) is 13.9. The molecule has 1 unspecified atom stereocenters. The second-order valence-electron chi connectivity index (χ2n) is 5.79. The van der Waals surface area contributed by atoms with Crippen LogP contribution in [0.5, 0.6) is 5.75 Å². The molecule has 0 aliphatic carbocycles. The molecule has 0 aromatic heterocycles. The summed E-state index contributed by atoms with van der Waals surface area (Å²) in [6.07, 6.45) is -0.554. The molecule has 1 amide bonds. The summed E-state index contributed by atoms with van der Waals surface area (Å²) >= 11 is 0. The van der Waals surface area contributed by atoms with Gasteiger partial charge < -0.3 is 10.1 Å². The molecule has 3 nitrogen and oxygen atoms in total. The smallest absolute Gasteiger partial charge is 0.265 e. The van der Waals surface area contributed by atoms with Crippen molar-refractivity contribution in [2.24, 2.45) is 0 Å². The second-order valence-corrected chi connectivity index (χ2v) is 5.79. The van der Waals surface area contributed by atoms with E-state index in [2.05, 4.69) is 24.4 Å². The molecule has 0 heterocycles. The number of aryl methyl sites for hydroxylation is 4. The first-order valence-corrected chi connectivity index (χ1v) is 7.49. The van der Waals surface area contributed by atoms with E-state index in [9.17, 15) is 4.79 Å². The van der Waals surface area contributed by atoms with Crippen molar-refractivity contribution < 1.29 is 9.53 Å². The number of hydrogen-bond donors (Lipinski definition) is 1. The number of carbonyl (C=O) groups is 1. The number of amides is 1. The van der Waals surface area contributed by atoms with Crippen LogP contribution in [0.3, 0.4) is 0 Å². The van der Waals surface area contributed by atoms with E-state index in [4.69, 9.17) is 4.74 Å². The van der Waals surface area contributed by atoms with Gasteiger partial charge in [0.05, 0.1) is 0 Å². The lowest BCUT2D eigenvalue weighted by molar-refractivity contribution is -0.122. The van der Waals surface area contributed by atoms with E-state index in [0.717, 1.165) is 28.1 Å². The van der Waals surface area contributed by atoms with Gasteiger partial charge in [-0.15, -0.1) is 0 Å². The molecule has 0 fully saturated rings. The Morgan fingerprint density at radius 3 is 2.18 bits per heavy atom. The van der Waals surface area contributed by atoms with E-state index in [-0.39, 0.29) is 5.91 Å². The third-order valence-electron chi connectivity index (χ3n) is 3.69. The highest BCUT2D eigenvalue weighted by atomic mass is 16.5. The van der Waals surface area contributed by atoms with Gasteiger partial charge in [-0.05, 0) is 57.4 Å². The summed E-state index contributed by atoms with van der Waals surface area (Å²) in [5, 5.41) is 2.98. The second kappa shape index (κ2) is 6.65. The molecule has 2 aromatic rings. The Balaban J connectivity index is 2.11. The number of benzene rings is 2. The molecular formula is C19H23NO2. The number of para-hydroxylation sites is 1. The van der Waals surface area contributed by atoms with Crippen molar-refractivity contribution >= 4 is 11.6 Å². The predicted octanol–water partition coefficient (Wildman–Crippen LogP) is 4.33. The molecule has 22 heavy (non-hydrogen) atoms. The van der Waals surface area contributed by atoms with E-state index in [1.54, 1.807) is 6.92 Å². The number of anilines is 1. The van der Waals surface area contributed by atoms with Gasteiger partial charge in [-0.1, -0.05) is 35.9 Å². The van der Waals surface area contributed by atoms with Gasteiger partial charge in [-0.25, -0.2) is 0 Å². The molecule has 116 valence electrons. The van der Waals surface area contributed by atoms with Gasteiger partial charge >= 0.3 is 0 Å². The normalized spacial score (nSPS) is 11.9. The molecule has 2 rings (SSSR count). The van der Waals surface area contributed by atoms with Crippen molar-refractivity contribution in [2.45, 2.75) is 40.7 Å². The molecule has 0 radical (unpaired) electrons. The standard InChI is InChI=1S/C19H23NO2/c1-12-10-14(3)18(15(4)11-12)20-19(21)16(5)22-17-9-7-6-8-13(17)2/h6-11,16H,1-5H3,(H,20,21). The van der Waals surface area contributed by atoms with Gasteiger partial charge in [-0.2, -0.15) is 0 Å². The summed E-state index contributed by atoms with van der Waals surface area (Å²) in [5.74, 6) is 0.598. The van der Waals surface area contributed by atoms with Gasteiger partial charge in [0.25, 0.3) is 5.91 Å². The first-order valence-electron chi connectivity index (χ1n) is 7.49. The van der Waals surface area contributed by atoms with Crippen molar-refractivity contribution in [3.63, 3.8) is 0 Å². The molecule has 0 aliphatic rings. The van der Waals surface area contributed by atoms with Gasteiger partial charge in [-0.3, -0.25) is 4.79 Å². The van der Waals surface area contributed by atoms with E-state index < -0.39 is 6.10 Å². The van der Waals surface area contributed by atoms with Crippen molar-refractivity contribution in [3.05, 3.63) is 58.7 Å². The molecular weight excluding hydrogens is 274 g/mol. The fourth-order valence-electron chi connectivity index (χ4n) is 2.53. The summed E-state index contributed by atoms with van der Waals surface area (Å²) in [6.45, 7) is 9.79. The van der Waals surface area contributed by atoms with Crippen molar-refractivity contribution in [1.29, 1.82) is 0 Å². The molecule has 0 aliphatic heterocycles. The number of carbonyl (C=O) groups excluding carboxylic acids is 1. The van der Waals surface area contributed by atoms with Crippen LogP contribution < -0.4 is 10.1 Å². The lowest BCUT2D eigenvalue weighted by atomic mass is 10.0. The van der Waals surface area contributed by atoms with E-state index in [1.807, 2.05) is 45.0 Å². The molecule has 0 spiro atoms. The van der Waals surface area contributed by atoms with Crippen LogP contribution in [0.15, 0.2) is 36.4 Å². The number of nitrogens with one attached hydrogen (secondary N) is 1. The van der Waals surface area contributed by atoms with Gasteiger partial charge in [0.2, 0.25) is 0 Å². The molecule has 0 bridgehead atoms. The number of rotatable bonds is 4. The SMILES string of the molecule is Cc1cc(C)c(NC(=O)C(C)Oc2ccccc2C)c(C)c1. The van der Waals surface area contributed by atoms with Crippen molar-refractivity contribution in [3.8, 4) is 5.75 Å². The Morgan fingerprint density at radius 1 is 1.00 bits per heavy atom. The summed E-state index contributed by atoms with van der Waals surface area (Å²) in [7, 11) is 0. The highest BCUT2D eigenvalue weighted by Gasteiger charge is 2.17. The molecule has 3 heteroatoms. The van der Waals surface area contributed by atoms with Crippen LogP contribution in [-0.2, 0) is 4.79 Å². The average molecular weight is 297 g/mol. The summed E-state index contributed by atoms with van der Waals surface area (Å²) < 4.78 is 5.77. The van der Waals surface area contributed by atoms with Crippen LogP contribution in [0.1, 0.15) is 29.2 Å². The van der Waals surface area contributed by atoms with E-state index in [0.29, 0.717) is 0 Å². The largest absolute Gasteiger partial charge is 0.481 e. The van der Waals surface area contributed by atoms with E-state index >= 15 is 0 Å².